The molecule has 2 N–H and O–H groups in total. The molecule has 6 heteroatoms. The van der Waals surface area contributed by atoms with E-state index in [2.05, 4.69) is 41.2 Å². The molecule has 0 saturated carbocycles. The number of fused-ring (bicyclic) bond motifs is 1. The molecule has 0 unspecified atom stereocenters. The minimum absolute atomic E-state index is 0.585. The van der Waals surface area contributed by atoms with Crippen molar-refractivity contribution in [1.29, 1.82) is 0 Å². The second kappa shape index (κ2) is 5.81. The molecule has 2 aromatic heterocycles. The topological polar surface area (TPSA) is 66.5 Å². The number of halogens is 1. The second-order valence-corrected chi connectivity index (χ2v) is 5.59. The number of H-pyrrole nitrogens is 1. The van der Waals surface area contributed by atoms with Gasteiger partial charge in [0.05, 0.1) is 27.6 Å². The van der Waals surface area contributed by atoms with Crippen molar-refractivity contribution in [3.63, 3.8) is 0 Å². The van der Waals surface area contributed by atoms with Gasteiger partial charge in [-0.25, -0.2) is 15.0 Å². The highest BCUT2D eigenvalue weighted by Crippen LogP contribution is 2.23. The number of para-hydroxylation sites is 2. The molecule has 2 heterocycles. The Kier molecular flexibility index (Phi) is 3.88. The average Bonchev–Trinajstić information content (AvgIpc) is 2.86. The molecule has 0 radical (unpaired) electrons. The fourth-order valence-corrected chi connectivity index (χ4v) is 2.54. The molecule has 5 nitrogen and oxygen atoms in total. The Bertz CT molecular complexity index is 748. The van der Waals surface area contributed by atoms with Crippen molar-refractivity contribution in [3.05, 3.63) is 46.1 Å². The van der Waals surface area contributed by atoms with Crippen molar-refractivity contribution >= 4 is 32.8 Å². The predicted octanol–water partition coefficient (Wildman–Crippen LogP) is 3.45. The maximum Gasteiger partial charge on any atom is 0.144 e. The van der Waals surface area contributed by atoms with Crippen molar-refractivity contribution < 1.29 is 0 Å². The highest BCUT2D eigenvalue weighted by atomic mass is 79.9. The van der Waals surface area contributed by atoms with Crippen LogP contribution in [0.3, 0.4) is 0 Å². The van der Waals surface area contributed by atoms with Crippen LogP contribution < -0.4 is 5.32 Å². The van der Waals surface area contributed by atoms with Gasteiger partial charge in [0.15, 0.2) is 0 Å². The lowest BCUT2D eigenvalue weighted by Gasteiger charge is -2.09. The van der Waals surface area contributed by atoms with Gasteiger partial charge in [-0.1, -0.05) is 12.1 Å². The van der Waals surface area contributed by atoms with Crippen LogP contribution in [-0.4, -0.2) is 26.5 Å². The van der Waals surface area contributed by atoms with Crippen molar-refractivity contribution in [2.75, 3.05) is 11.9 Å². The van der Waals surface area contributed by atoms with Crippen LogP contribution in [0.5, 0.6) is 0 Å². The fourth-order valence-electron chi connectivity index (χ4n) is 2.22. The van der Waals surface area contributed by atoms with Crippen molar-refractivity contribution in [3.8, 4) is 0 Å². The summed E-state index contributed by atoms with van der Waals surface area (Å²) >= 11 is 3.52. The van der Waals surface area contributed by atoms with E-state index in [1.54, 1.807) is 0 Å². The Morgan fingerprint density at radius 1 is 1.19 bits per heavy atom. The van der Waals surface area contributed by atoms with Gasteiger partial charge < -0.3 is 10.3 Å². The number of benzene rings is 1. The van der Waals surface area contributed by atoms with Crippen LogP contribution in [0.25, 0.3) is 11.0 Å². The number of aryl methyl sites for hydroxylation is 1. The summed E-state index contributed by atoms with van der Waals surface area (Å²) in [5.74, 6) is 2.46. The number of nitrogens with one attached hydrogen (secondary N) is 2. The summed E-state index contributed by atoms with van der Waals surface area (Å²) < 4.78 is 0.915. The molecule has 0 aliphatic carbocycles. The van der Waals surface area contributed by atoms with Crippen LogP contribution in [0.4, 0.5) is 5.82 Å². The summed E-state index contributed by atoms with van der Waals surface area (Å²) in [6.45, 7) is 4.83. The zero-order valence-electron chi connectivity index (χ0n) is 11.9. The van der Waals surface area contributed by atoms with Gasteiger partial charge in [0.2, 0.25) is 0 Å². The van der Waals surface area contributed by atoms with E-state index in [1.807, 2.05) is 38.1 Å². The van der Waals surface area contributed by atoms with Crippen LogP contribution in [0.2, 0.25) is 0 Å². The quantitative estimate of drug-likeness (QED) is 0.759. The van der Waals surface area contributed by atoms with E-state index in [9.17, 15) is 0 Å². The van der Waals surface area contributed by atoms with Crippen LogP contribution >= 0.6 is 15.9 Å². The number of hydrogen-bond acceptors (Lipinski definition) is 4. The van der Waals surface area contributed by atoms with Gasteiger partial charge in [-0.15, -0.1) is 0 Å². The molecule has 0 saturated heterocycles. The number of rotatable bonds is 4. The lowest BCUT2D eigenvalue weighted by atomic mass is 10.3. The van der Waals surface area contributed by atoms with Gasteiger partial charge in [0, 0.05) is 6.54 Å². The zero-order valence-corrected chi connectivity index (χ0v) is 13.5. The molecule has 0 aliphatic heterocycles. The monoisotopic (exact) mass is 345 g/mol. The van der Waals surface area contributed by atoms with Crippen LogP contribution in [0.15, 0.2) is 28.7 Å². The lowest BCUT2D eigenvalue weighted by Crippen LogP contribution is -2.07. The fraction of sp³-hybridized carbons (Fsp3) is 0.267. The third-order valence-corrected chi connectivity index (χ3v) is 4.12. The summed E-state index contributed by atoms with van der Waals surface area (Å²) in [6, 6.07) is 7.99. The van der Waals surface area contributed by atoms with Gasteiger partial charge >= 0.3 is 0 Å². The number of nitrogens with zero attached hydrogens (tertiary/aromatic N) is 3. The molecule has 0 spiro atoms. The third kappa shape index (κ3) is 2.90. The summed E-state index contributed by atoms with van der Waals surface area (Å²) in [5.41, 5.74) is 2.92. The van der Waals surface area contributed by atoms with E-state index >= 15 is 0 Å². The maximum absolute atomic E-state index is 4.57. The highest BCUT2D eigenvalue weighted by molar-refractivity contribution is 9.10. The number of aromatic amines is 1. The summed E-state index contributed by atoms with van der Waals surface area (Å²) in [6.07, 6.45) is 0.585. The highest BCUT2D eigenvalue weighted by Gasteiger charge is 2.11. The number of aromatic nitrogens is 4. The van der Waals surface area contributed by atoms with E-state index in [0.717, 1.165) is 45.2 Å². The first-order chi connectivity index (χ1) is 10.2. The molecule has 0 aliphatic rings. The smallest absolute Gasteiger partial charge is 0.144 e. The molecule has 108 valence electrons. The average molecular weight is 346 g/mol. The maximum atomic E-state index is 4.57. The molecule has 0 fully saturated rings. The van der Waals surface area contributed by atoms with E-state index < -0.39 is 0 Å². The Hall–Kier alpha value is -1.95. The van der Waals surface area contributed by atoms with Crippen molar-refractivity contribution in [1.82, 2.24) is 19.9 Å². The van der Waals surface area contributed by atoms with Gasteiger partial charge in [0.1, 0.15) is 17.5 Å². The van der Waals surface area contributed by atoms with Gasteiger partial charge in [0.25, 0.3) is 0 Å². The van der Waals surface area contributed by atoms with Crippen molar-refractivity contribution in [2.45, 2.75) is 20.3 Å². The second-order valence-electron chi connectivity index (χ2n) is 4.80. The van der Waals surface area contributed by atoms with Gasteiger partial charge in [-0.2, -0.15) is 0 Å². The molecule has 21 heavy (non-hydrogen) atoms. The summed E-state index contributed by atoms with van der Waals surface area (Å²) in [5, 5.41) is 3.24. The van der Waals surface area contributed by atoms with Gasteiger partial charge in [-0.3, -0.25) is 0 Å². The Labute approximate surface area is 131 Å². The normalized spacial score (nSPS) is 11.0. The number of hydrogen-bond donors (Lipinski definition) is 2. The molecule has 0 bridgehead atoms. The van der Waals surface area contributed by atoms with Crippen LogP contribution in [0.1, 0.15) is 24.3 Å². The number of imidazole rings is 1. The van der Waals surface area contributed by atoms with Crippen molar-refractivity contribution in [2.24, 2.45) is 0 Å². The first-order valence-electron chi connectivity index (χ1n) is 6.88. The molecular formula is C15H16BrN5. The molecule has 1 aromatic carbocycles. The largest absolute Gasteiger partial charge is 0.369 e. The van der Waals surface area contributed by atoms with E-state index in [1.165, 1.54) is 0 Å². The van der Waals surface area contributed by atoms with Crippen LogP contribution in [0, 0.1) is 6.92 Å². The standard InChI is InChI=1S/C15H16BrN5/c1-3-17-15-14(16)9(2)18-12(21-15)8-13-19-10-6-4-5-7-11(10)20-13/h4-7H,3,8H2,1-2H3,(H,19,20)(H,17,18,21). The van der Waals surface area contributed by atoms with E-state index in [-0.39, 0.29) is 0 Å². The molecular weight excluding hydrogens is 330 g/mol. The first-order valence-corrected chi connectivity index (χ1v) is 7.67. The molecule has 3 rings (SSSR count). The first kappa shape index (κ1) is 14.0. The minimum atomic E-state index is 0.585. The Morgan fingerprint density at radius 2 is 2.00 bits per heavy atom. The number of anilines is 1. The predicted molar refractivity (Wildman–Crippen MR) is 87.5 cm³/mol. The lowest BCUT2D eigenvalue weighted by molar-refractivity contribution is 0.894. The molecule has 3 aromatic rings. The summed E-state index contributed by atoms with van der Waals surface area (Å²) in [4.78, 5) is 17.0. The zero-order chi connectivity index (χ0) is 14.8. The molecule has 0 amide bonds. The van der Waals surface area contributed by atoms with E-state index in [4.69, 9.17) is 0 Å². The van der Waals surface area contributed by atoms with E-state index in [0.29, 0.717) is 6.42 Å². The third-order valence-electron chi connectivity index (χ3n) is 3.17. The molecule has 0 atom stereocenters. The SMILES string of the molecule is CCNc1nc(Cc2nc3ccccc3[nH]2)nc(C)c1Br. The Morgan fingerprint density at radius 3 is 2.76 bits per heavy atom. The van der Waals surface area contributed by atoms with Gasteiger partial charge in [-0.05, 0) is 41.9 Å². The Balaban J connectivity index is 1.93. The van der Waals surface area contributed by atoms with Crippen LogP contribution in [-0.2, 0) is 6.42 Å². The summed E-state index contributed by atoms with van der Waals surface area (Å²) in [7, 11) is 0. The minimum Gasteiger partial charge on any atom is -0.369 e.